The van der Waals surface area contributed by atoms with Gasteiger partial charge in [-0.2, -0.15) is 5.10 Å². The highest BCUT2D eigenvalue weighted by Crippen LogP contribution is 2.46. The molecule has 4 rings (SSSR count). The van der Waals surface area contributed by atoms with Gasteiger partial charge in [0.2, 0.25) is 0 Å². The van der Waals surface area contributed by atoms with Crippen molar-refractivity contribution in [1.29, 1.82) is 0 Å². The van der Waals surface area contributed by atoms with E-state index in [1.54, 1.807) is 12.3 Å². The Kier molecular flexibility index (Phi) is 4.00. The van der Waals surface area contributed by atoms with Crippen LogP contribution in [0, 0.1) is 12.7 Å². The van der Waals surface area contributed by atoms with Crippen molar-refractivity contribution < 1.29 is 9.13 Å². The molecule has 0 N–H and O–H groups in total. The summed E-state index contributed by atoms with van der Waals surface area (Å²) in [6.45, 7) is 5.05. The number of rotatable bonds is 4. The largest absolute Gasteiger partial charge is 0.471 e. The number of nitrogens with zero attached hydrogens (tertiary/aromatic N) is 4. The van der Waals surface area contributed by atoms with E-state index in [9.17, 15) is 4.39 Å². The molecule has 1 atom stereocenters. The molecule has 128 valence electrons. The normalized spacial score (nSPS) is 22.7. The number of thioether (sulfide) groups is 1. The molecule has 2 aliphatic rings. The van der Waals surface area contributed by atoms with Crippen molar-refractivity contribution in [3.8, 4) is 5.88 Å². The molecule has 1 spiro atoms. The van der Waals surface area contributed by atoms with Crippen LogP contribution >= 0.6 is 11.8 Å². The third-order valence-corrected chi connectivity index (χ3v) is 6.26. The lowest BCUT2D eigenvalue weighted by Gasteiger charge is -2.47. The predicted molar refractivity (Wildman–Crippen MR) is 91.6 cm³/mol. The van der Waals surface area contributed by atoms with E-state index in [0.29, 0.717) is 0 Å². The number of ether oxygens (including phenoxy) is 1. The average Bonchev–Trinajstić information content (AvgIpc) is 3.05. The second kappa shape index (κ2) is 6.04. The molecule has 5 nitrogen and oxygen atoms in total. The molecule has 24 heavy (non-hydrogen) atoms. The summed E-state index contributed by atoms with van der Waals surface area (Å²) < 4.78 is 21.6. The number of pyridine rings is 1. The van der Waals surface area contributed by atoms with Gasteiger partial charge in [-0.25, -0.2) is 9.37 Å². The summed E-state index contributed by atoms with van der Waals surface area (Å²) in [5.41, 5.74) is 2.30. The summed E-state index contributed by atoms with van der Waals surface area (Å²) in [5, 5.41) is 4.40. The summed E-state index contributed by atoms with van der Waals surface area (Å²) in [6, 6.07) is 5.11. The number of aromatic nitrogens is 3. The van der Waals surface area contributed by atoms with Crippen LogP contribution in [-0.2, 0) is 13.6 Å². The van der Waals surface area contributed by atoms with Gasteiger partial charge in [0.1, 0.15) is 6.10 Å². The Morgan fingerprint density at radius 2 is 2.29 bits per heavy atom. The van der Waals surface area contributed by atoms with E-state index >= 15 is 0 Å². The van der Waals surface area contributed by atoms with Gasteiger partial charge in [-0.15, -0.1) is 11.8 Å². The van der Waals surface area contributed by atoms with Crippen LogP contribution in [0.1, 0.15) is 17.8 Å². The fourth-order valence-corrected chi connectivity index (χ4v) is 5.21. The third-order valence-electron chi connectivity index (χ3n) is 4.69. The lowest BCUT2D eigenvalue weighted by atomic mass is 9.93. The van der Waals surface area contributed by atoms with Crippen LogP contribution in [-0.4, -0.2) is 49.4 Å². The van der Waals surface area contributed by atoms with Gasteiger partial charge in [0, 0.05) is 49.8 Å². The minimum atomic E-state index is -0.384. The Bertz CT molecular complexity index is 744. The molecule has 2 aliphatic heterocycles. The standard InChI is InChI=1S/C17H21FN4OS/c1-12-6-13(21(2)20-12)8-22-10-17(11-22)7-14(9-24-17)23-16-15(18)4-3-5-19-16/h3-6,14H,7-11H2,1-2H3/t14-/m1/s1. The smallest absolute Gasteiger partial charge is 0.250 e. The maximum atomic E-state index is 13.7. The number of hydrogen-bond donors (Lipinski definition) is 0. The van der Waals surface area contributed by atoms with Gasteiger partial charge in [0.05, 0.1) is 11.4 Å². The van der Waals surface area contributed by atoms with E-state index in [2.05, 4.69) is 21.0 Å². The first kappa shape index (κ1) is 15.9. The van der Waals surface area contributed by atoms with Crippen LogP contribution in [0.25, 0.3) is 0 Å². The van der Waals surface area contributed by atoms with E-state index in [4.69, 9.17) is 4.74 Å². The minimum absolute atomic E-state index is 0.0421. The van der Waals surface area contributed by atoms with Crippen LogP contribution < -0.4 is 4.74 Å². The second-order valence-corrected chi connectivity index (χ2v) is 8.26. The maximum Gasteiger partial charge on any atom is 0.250 e. The van der Waals surface area contributed by atoms with Gasteiger partial charge < -0.3 is 4.74 Å². The van der Waals surface area contributed by atoms with Gasteiger partial charge in [-0.1, -0.05) is 0 Å². The van der Waals surface area contributed by atoms with E-state index in [1.165, 1.54) is 11.8 Å². The van der Waals surface area contributed by atoms with Crippen molar-refractivity contribution in [2.75, 3.05) is 18.8 Å². The molecule has 0 unspecified atom stereocenters. The summed E-state index contributed by atoms with van der Waals surface area (Å²) in [6.07, 6.45) is 2.56. The van der Waals surface area contributed by atoms with Gasteiger partial charge in [-0.3, -0.25) is 9.58 Å². The SMILES string of the molecule is Cc1cc(CN2CC3(C[C@@H](Oc4ncccc4F)CS3)C2)n(C)n1. The molecule has 2 aromatic heterocycles. The molecule has 0 radical (unpaired) electrons. The van der Waals surface area contributed by atoms with Gasteiger partial charge in [0.15, 0.2) is 5.82 Å². The Labute approximate surface area is 145 Å². The van der Waals surface area contributed by atoms with E-state index < -0.39 is 0 Å². The molecule has 0 aliphatic carbocycles. The molecule has 2 fully saturated rings. The topological polar surface area (TPSA) is 43.2 Å². The van der Waals surface area contributed by atoms with Crippen molar-refractivity contribution in [3.63, 3.8) is 0 Å². The van der Waals surface area contributed by atoms with Crippen molar-refractivity contribution >= 4 is 11.8 Å². The maximum absolute atomic E-state index is 13.7. The van der Waals surface area contributed by atoms with Gasteiger partial charge >= 0.3 is 0 Å². The Balaban J connectivity index is 1.32. The van der Waals surface area contributed by atoms with Gasteiger partial charge in [-0.05, 0) is 25.1 Å². The number of halogens is 1. The molecule has 7 heteroatoms. The quantitative estimate of drug-likeness (QED) is 0.849. The fraction of sp³-hybridized carbons (Fsp3) is 0.529. The van der Waals surface area contributed by atoms with E-state index in [1.807, 2.05) is 30.4 Å². The highest BCUT2D eigenvalue weighted by atomic mass is 32.2. The fourth-order valence-electron chi connectivity index (χ4n) is 3.64. The number of hydrogen-bond acceptors (Lipinski definition) is 5. The molecule has 2 aromatic rings. The first-order valence-corrected chi connectivity index (χ1v) is 9.15. The van der Waals surface area contributed by atoms with Crippen molar-refractivity contribution in [3.05, 3.63) is 41.6 Å². The Morgan fingerprint density at radius 3 is 3.00 bits per heavy atom. The Hall–Kier alpha value is -1.60. The zero-order valence-electron chi connectivity index (χ0n) is 13.9. The molecule has 2 saturated heterocycles. The van der Waals surface area contributed by atoms with E-state index in [-0.39, 0.29) is 22.5 Å². The first-order chi connectivity index (χ1) is 11.5. The molecule has 4 heterocycles. The highest BCUT2D eigenvalue weighted by Gasteiger charge is 2.49. The summed E-state index contributed by atoms with van der Waals surface area (Å²) in [5.74, 6) is 0.640. The lowest BCUT2D eigenvalue weighted by molar-refractivity contribution is 0.0874. The Morgan fingerprint density at radius 1 is 1.46 bits per heavy atom. The van der Waals surface area contributed by atoms with Crippen LogP contribution in [0.2, 0.25) is 0 Å². The molecule has 0 bridgehead atoms. The predicted octanol–water partition coefficient (Wildman–Crippen LogP) is 2.40. The molecular weight excluding hydrogens is 327 g/mol. The molecule has 0 amide bonds. The van der Waals surface area contributed by atoms with Crippen molar-refractivity contribution in [2.24, 2.45) is 7.05 Å². The molecular formula is C17H21FN4OS. The zero-order valence-corrected chi connectivity index (χ0v) is 14.7. The monoisotopic (exact) mass is 348 g/mol. The zero-order chi connectivity index (χ0) is 16.7. The highest BCUT2D eigenvalue weighted by molar-refractivity contribution is 8.01. The summed E-state index contributed by atoms with van der Waals surface area (Å²) in [7, 11) is 1.99. The van der Waals surface area contributed by atoms with Crippen LogP contribution in [0.3, 0.4) is 0 Å². The van der Waals surface area contributed by atoms with Crippen molar-refractivity contribution in [1.82, 2.24) is 19.7 Å². The van der Waals surface area contributed by atoms with E-state index in [0.717, 1.165) is 37.5 Å². The lowest BCUT2D eigenvalue weighted by Crippen LogP contribution is -2.58. The average molecular weight is 348 g/mol. The third kappa shape index (κ3) is 3.02. The number of likely N-dealkylation sites (tertiary alicyclic amines) is 1. The molecule has 0 saturated carbocycles. The number of aryl methyl sites for hydroxylation is 2. The second-order valence-electron chi connectivity index (χ2n) is 6.77. The van der Waals surface area contributed by atoms with Crippen LogP contribution in [0.4, 0.5) is 4.39 Å². The summed E-state index contributed by atoms with van der Waals surface area (Å²) >= 11 is 1.95. The first-order valence-electron chi connectivity index (χ1n) is 8.16. The summed E-state index contributed by atoms with van der Waals surface area (Å²) in [4.78, 5) is 6.43. The van der Waals surface area contributed by atoms with Gasteiger partial charge in [0.25, 0.3) is 5.88 Å². The van der Waals surface area contributed by atoms with Crippen molar-refractivity contribution in [2.45, 2.75) is 30.7 Å². The minimum Gasteiger partial charge on any atom is -0.471 e. The van der Waals surface area contributed by atoms with Crippen LogP contribution in [0.15, 0.2) is 24.4 Å². The van der Waals surface area contributed by atoms with Crippen LogP contribution in [0.5, 0.6) is 5.88 Å². The molecule has 0 aromatic carbocycles.